The number of aromatic nitrogens is 2. The van der Waals surface area contributed by atoms with Crippen molar-refractivity contribution < 1.29 is 27.6 Å². The van der Waals surface area contributed by atoms with Crippen LogP contribution in [0.25, 0.3) is 11.1 Å². The lowest BCUT2D eigenvalue weighted by atomic mass is 10.0. The normalized spacial score (nSPS) is 15.1. The van der Waals surface area contributed by atoms with Crippen molar-refractivity contribution in [1.82, 2.24) is 13.9 Å². The standard InChI is InChI=1S/C30H38ClFN4O5SSi/c1-18(2)40-28-24(31)14-19(17-35-28)41-26-16-25(32)23(15-22(26)21-10-9-13-34-27(21)39-6)29(37)36(42(33,38)20-11-12-20)43(7,8)30(3,4)5/h9-10,13-18,20,33H,11-12H2,1-8H3. The molecule has 2 aromatic heterocycles. The molecule has 0 spiro atoms. The Bertz CT molecular complexity index is 1640. The van der Waals surface area contributed by atoms with Gasteiger partial charge in [-0.05, 0) is 49.9 Å². The number of methoxy groups -OCH3 is 1. The summed E-state index contributed by atoms with van der Waals surface area (Å²) in [6.07, 6.45) is 3.97. The maximum Gasteiger partial charge on any atom is 0.261 e. The zero-order valence-electron chi connectivity index (χ0n) is 25.7. The summed E-state index contributed by atoms with van der Waals surface area (Å²) >= 11 is 6.37. The van der Waals surface area contributed by atoms with Crippen molar-refractivity contribution in [3.63, 3.8) is 0 Å². The Labute approximate surface area is 258 Å². The average Bonchev–Trinajstić information content (AvgIpc) is 3.76. The molecule has 1 fully saturated rings. The molecule has 232 valence electrons. The maximum absolute atomic E-state index is 16.0. The predicted octanol–water partition coefficient (Wildman–Crippen LogP) is 8.10. The number of benzene rings is 1. The fourth-order valence-corrected chi connectivity index (χ4v) is 11.2. The molecule has 1 aliphatic carbocycles. The molecule has 0 saturated heterocycles. The molecule has 0 aliphatic heterocycles. The van der Waals surface area contributed by atoms with Crippen LogP contribution in [-0.4, -0.2) is 50.8 Å². The van der Waals surface area contributed by atoms with Gasteiger partial charge in [-0.15, -0.1) is 0 Å². The monoisotopic (exact) mass is 648 g/mol. The smallest absolute Gasteiger partial charge is 0.261 e. The van der Waals surface area contributed by atoms with Gasteiger partial charge in [-0.3, -0.25) is 8.77 Å². The number of rotatable bonds is 10. The number of nitrogens with one attached hydrogen (secondary N) is 1. The number of carbonyl (C=O) groups excluding carboxylic acids is 1. The molecule has 1 aromatic carbocycles. The van der Waals surface area contributed by atoms with Crippen molar-refractivity contribution in [2.75, 3.05) is 7.11 Å². The summed E-state index contributed by atoms with van der Waals surface area (Å²) in [5, 5.41) is -0.684. The number of hydrogen-bond donors (Lipinski definition) is 1. The number of amides is 1. The van der Waals surface area contributed by atoms with Crippen LogP contribution in [0.2, 0.25) is 23.2 Å². The summed E-state index contributed by atoms with van der Waals surface area (Å²) in [7, 11) is -5.00. The molecule has 1 unspecified atom stereocenters. The highest BCUT2D eigenvalue weighted by molar-refractivity contribution is 7.93. The van der Waals surface area contributed by atoms with E-state index in [2.05, 4.69) is 9.97 Å². The van der Waals surface area contributed by atoms with Crippen LogP contribution < -0.4 is 14.2 Å². The molecule has 1 atom stereocenters. The SMILES string of the molecule is COc1ncccc1-c1cc(C(=O)N([Si](C)(C)C(C)(C)C)S(=N)(=O)C2CC2)c(F)cc1Oc1cnc(OC(C)C)c(Cl)c1. The van der Waals surface area contributed by atoms with Gasteiger partial charge < -0.3 is 14.2 Å². The van der Waals surface area contributed by atoms with Crippen molar-refractivity contribution in [2.24, 2.45) is 0 Å². The van der Waals surface area contributed by atoms with E-state index < -0.39 is 40.2 Å². The van der Waals surface area contributed by atoms with E-state index in [-0.39, 0.29) is 39.9 Å². The molecule has 0 radical (unpaired) electrons. The van der Waals surface area contributed by atoms with Gasteiger partial charge in [-0.2, -0.15) is 0 Å². The molecular formula is C30H38ClFN4O5SSi. The van der Waals surface area contributed by atoms with Crippen molar-refractivity contribution >= 4 is 35.7 Å². The minimum absolute atomic E-state index is 0.0448. The Kier molecular flexibility index (Phi) is 9.16. The lowest BCUT2D eigenvalue weighted by Gasteiger charge is -2.46. The number of hydrogen-bond acceptors (Lipinski definition) is 8. The van der Waals surface area contributed by atoms with Crippen molar-refractivity contribution in [3.05, 3.63) is 59.1 Å². The van der Waals surface area contributed by atoms with Crippen LogP contribution in [0, 0.1) is 10.6 Å². The van der Waals surface area contributed by atoms with E-state index >= 15 is 4.39 Å². The van der Waals surface area contributed by atoms with Gasteiger partial charge in [-0.25, -0.2) is 23.3 Å². The Morgan fingerprint density at radius 3 is 2.40 bits per heavy atom. The number of pyridine rings is 2. The van der Waals surface area contributed by atoms with Gasteiger partial charge in [0.25, 0.3) is 5.91 Å². The maximum atomic E-state index is 16.0. The van der Waals surface area contributed by atoms with E-state index in [4.69, 9.17) is 30.6 Å². The highest BCUT2D eigenvalue weighted by Crippen LogP contribution is 2.45. The molecule has 3 aromatic rings. The molecule has 0 bridgehead atoms. The third-order valence-corrected chi connectivity index (χ3v) is 17.1. The third-order valence-electron chi connectivity index (χ3n) is 7.69. The zero-order chi connectivity index (χ0) is 31.9. The minimum Gasteiger partial charge on any atom is -0.481 e. The molecule has 1 aliphatic rings. The molecule has 1 N–H and O–H groups in total. The van der Waals surface area contributed by atoms with Gasteiger partial charge in [0.1, 0.15) is 32.3 Å². The summed E-state index contributed by atoms with van der Waals surface area (Å²) in [6.45, 7) is 13.3. The van der Waals surface area contributed by atoms with Gasteiger partial charge in [0.2, 0.25) is 11.8 Å². The van der Waals surface area contributed by atoms with E-state index in [1.807, 2.05) is 47.7 Å². The quantitative estimate of drug-likeness (QED) is 0.221. The second kappa shape index (κ2) is 12.0. The van der Waals surface area contributed by atoms with E-state index in [1.165, 1.54) is 29.4 Å². The number of halogens is 2. The average molecular weight is 649 g/mol. The predicted molar refractivity (Wildman–Crippen MR) is 169 cm³/mol. The summed E-state index contributed by atoms with van der Waals surface area (Å²) < 4.78 is 57.3. The summed E-state index contributed by atoms with van der Waals surface area (Å²) in [6, 6.07) is 7.31. The van der Waals surface area contributed by atoms with Gasteiger partial charge in [0, 0.05) is 29.5 Å². The van der Waals surface area contributed by atoms with E-state index in [0.29, 0.717) is 24.0 Å². The van der Waals surface area contributed by atoms with Crippen LogP contribution in [0.3, 0.4) is 0 Å². The first-order valence-corrected chi connectivity index (χ1v) is 18.8. The molecule has 1 saturated carbocycles. The Morgan fingerprint density at radius 1 is 1.16 bits per heavy atom. The van der Waals surface area contributed by atoms with Crippen molar-refractivity contribution in [2.45, 2.75) is 76.9 Å². The second-order valence-electron chi connectivity index (χ2n) is 12.3. The van der Waals surface area contributed by atoms with Crippen molar-refractivity contribution in [3.8, 4) is 34.4 Å². The molecule has 43 heavy (non-hydrogen) atoms. The molecule has 2 heterocycles. The topological polar surface area (TPSA) is 115 Å². The van der Waals surface area contributed by atoms with E-state index in [9.17, 15) is 9.00 Å². The summed E-state index contributed by atoms with van der Waals surface area (Å²) in [4.78, 5) is 22.8. The summed E-state index contributed by atoms with van der Waals surface area (Å²) in [5.74, 6) is -0.979. The Balaban J connectivity index is 1.89. The first-order chi connectivity index (χ1) is 20.0. The molecule has 13 heteroatoms. The highest BCUT2D eigenvalue weighted by Gasteiger charge is 2.52. The fraction of sp³-hybridized carbons (Fsp3) is 0.433. The lowest BCUT2D eigenvalue weighted by Crippen LogP contribution is -2.60. The van der Waals surface area contributed by atoms with Gasteiger partial charge >= 0.3 is 0 Å². The van der Waals surface area contributed by atoms with Crippen LogP contribution in [0.1, 0.15) is 57.8 Å². The number of carbonyl (C=O) groups is 1. The fourth-order valence-electron chi connectivity index (χ4n) is 4.34. The Hall–Kier alpha value is -3.22. The number of ether oxygens (including phenoxy) is 3. The van der Waals surface area contributed by atoms with E-state index in [1.54, 1.807) is 18.3 Å². The molecule has 1 amide bonds. The zero-order valence-corrected chi connectivity index (χ0v) is 28.2. The third kappa shape index (κ3) is 6.65. The molecule has 9 nitrogen and oxygen atoms in total. The van der Waals surface area contributed by atoms with Crippen LogP contribution in [0.15, 0.2) is 42.7 Å². The van der Waals surface area contributed by atoms with Crippen LogP contribution in [0.5, 0.6) is 23.3 Å². The lowest BCUT2D eigenvalue weighted by molar-refractivity contribution is 0.0909. The minimum atomic E-state index is -3.52. The largest absolute Gasteiger partial charge is 0.481 e. The number of nitrogens with zero attached hydrogens (tertiary/aromatic N) is 3. The highest BCUT2D eigenvalue weighted by atomic mass is 35.5. The van der Waals surface area contributed by atoms with Crippen LogP contribution >= 0.6 is 11.6 Å². The van der Waals surface area contributed by atoms with Crippen LogP contribution in [-0.2, 0) is 9.92 Å². The van der Waals surface area contributed by atoms with Crippen molar-refractivity contribution in [1.29, 1.82) is 4.78 Å². The molecular weight excluding hydrogens is 611 g/mol. The molecule has 4 rings (SSSR count). The first-order valence-electron chi connectivity index (χ1n) is 13.9. The van der Waals surface area contributed by atoms with E-state index in [0.717, 1.165) is 6.07 Å². The second-order valence-corrected chi connectivity index (χ2v) is 20.3. The van der Waals surface area contributed by atoms with Gasteiger partial charge in [-0.1, -0.05) is 45.5 Å². The first kappa shape index (κ1) is 32.7. The van der Waals surface area contributed by atoms with Gasteiger partial charge in [0.15, 0.2) is 8.24 Å². The summed E-state index contributed by atoms with van der Waals surface area (Å²) in [5.41, 5.74) is 0.405. The van der Waals surface area contributed by atoms with Crippen LogP contribution in [0.4, 0.5) is 4.39 Å². The Morgan fingerprint density at radius 2 is 1.84 bits per heavy atom. The van der Waals surface area contributed by atoms with Gasteiger partial charge in [0.05, 0.1) is 30.2 Å².